The third-order valence-corrected chi connectivity index (χ3v) is 7.25. The van der Waals surface area contributed by atoms with Crippen LogP contribution in [0.2, 0.25) is 0 Å². The average molecular weight is 576 g/mol. The standard InChI is InChI=1S/C16H13N7O9S4/c17-3-4-33-16-20-14(18)13(15(19)21-16)23-22-12-9-5-7(35(25,26)27)6-10(34-32-31-24)8(9)1-2-11(12)36(28,29)30/h1-2,5-6,24H,4H2,(H,25,26,27)(H,28,29,30)(H4,18,19,20,21)/b23-22+. The number of hydrogen-bond acceptors (Lipinski definition) is 16. The molecule has 3 aromatic rings. The Morgan fingerprint density at radius 3 is 2.19 bits per heavy atom. The first-order valence-electron chi connectivity index (χ1n) is 8.91. The maximum Gasteiger partial charge on any atom is 0.296 e. The van der Waals surface area contributed by atoms with Crippen molar-refractivity contribution in [3.05, 3.63) is 24.3 Å². The van der Waals surface area contributed by atoms with E-state index in [9.17, 15) is 25.9 Å². The van der Waals surface area contributed by atoms with E-state index >= 15 is 0 Å². The number of aromatic nitrogens is 2. The summed E-state index contributed by atoms with van der Waals surface area (Å²) < 4.78 is 71.2. The summed E-state index contributed by atoms with van der Waals surface area (Å²) in [6.07, 6.45) is 0. The van der Waals surface area contributed by atoms with Gasteiger partial charge in [-0.25, -0.2) is 15.2 Å². The molecular formula is C16H13N7O9S4. The van der Waals surface area contributed by atoms with Crippen LogP contribution in [0.25, 0.3) is 10.8 Å². The first-order valence-corrected chi connectivity index (χ1v) is 13.5. The number of anilines is 2. The van der Waals surface area contributed by atoms with E-state index in [1.165, 1.54) is 6.07 Å². The van der Waals surface area contributed by atoms with Gasteiger partial charge in [0.1, 0.15) is 10.6 Å². The molecule has 0 unspecified atom stereocenters. The molecule has 1 aromatic heterocycles. The quantitative estimate of drug-likeness (QED) is 0.0466. The number of thioether (sulfide) groups is 1. The molecule has 0 bridgehead atoms. The summed E-state index contributed by atoms with van der Waals surface area (Å²) in [5.74, 6) is -0.540. The number of nitrogen functional groups attached to an aromatic ring is 2. The minimum atomic E-state index is -4.94. The van der Waals surface area contributed by atoms with E-state index in [-0.39, 0.29) is 43.9 Å². The minimum absolute atomic E-state index is 0.00888. The average Bonchev–Trinajstić information content (AvgIpc) is 2.79. The molecule has 0 saturated heterocycles. The van der Waals surface area contributed by atoms with Gasteiger partial charge in [-0.3, -0.25) is 9.11 Å². The molecule has 16 nitrogen and oxygen atoms in total. The van der Waals surface area contributed by atoms with Crippen molar-refractivity contribution in [2.24, 2.45) is 10.2 Å². The predicted molar refractivity (Wildman–Crippen MR) is 126 cm³/mol. The van der Waals surface area contributed by atoms with Gasteiger partial charge in [0.05, 0.1) is 28.8 Å². The molecule has 3 rings (SSSR count). The molecule has 190 valence electrons. The van der Waals surface area contributed by atoms with Crippen molar-refractivity contribution in [1.29, 1.82) is 5.26 Å². The lowest BCUT2D eigenvalue weighted by Crippen LogP contribution is -2.02. The number of nitrogens with two attached hydrogens (primary N) is 2. The van der Waals surface area contributed by atoms with Crippen molar-refractivity contribution in [1.82, 2.24) is 9.97 Å². The topological polar surface area (TPSA) is 274 Å². The second-order valence-electron chi connectivity index (χ2n) is 6.38. The zero-order valence-electron chi connectivity index (χ0n) is 17.3. The molecule has 20 heteroatoms. The third kappa shape index (κ3) is 6.16. The Labute approximate surface area is 210 Å². The van der Waals surface area contributed by atoms with Crippen LogP contribution < -0.4 is 11.5 Å². The molecule has 0 spiro atoms. The van der Waals surface area contributed by atoms with Gasteiger partial charge in [-0.15, -0.1) is 14.6 Å². The summed E-state index contributed by atoms with van der Waals surface area (Å²) in [6, 6.07) is 5.78. The Hall–Kier alpha value is -3.13. The van der Waals surface area contributed by atoms with Gasteiger partial charge >= 0.3 is 0 Å². The summed E-state index contributed by atoms with van der Waals surface area (Å²) >= 11 is 1.25. The summed E-state index contributed by atoms with van der Waals surface area (Å²) in [7, 11) is -9.78. The van der Waals surface area contributed by atoms with E-state index in [0.29, 0.717) is 12.0 Å². The van der Waals surface area contributed by atoms with Crippen molar-refractivity contribution < 1.29 is 40.6 Å². The summed E-state index contributed by atoms with van der Waals surface area (Å²) in [5, 5.41) is 28.1. The lowest BCUT2D eigenvalue weighted by atomic mass is 10.1. The van der Waals surface area contributed by atoms with Crippen LogP contribution >= 0.6 is 23.8 Å². The highest BCUT2D eigenvalue weighted by Crippen LogP contribution is 2.41. The lowest BCUT2D eigenvalue weighted by molar-refractivity contribution is -0.432. The van der Waals surface area contributed by atoms with Crippen LogP contribution in [0.1, 0.15) is 0 Å². The Bertz CT molecular complexity index is 1600. The highest BCUT2D eigenvalue weighted by Gasteiger charge is 2.23. The number of hydrogen-bond donors (Lipinski definition) is 5. The minimum Gasteiger partial charge on any atom is -0.382 e. The fourth-order valence-corrected chi connectivity index (χ4v) is 5.06. The van der Waals surface area contributed by atoms with E-state index in [2.05, 4.69) is 29.6 Å². The highest BCUT2D eigenvalue weighted by atomic mass is 32.2. The van der Waals surface area contributed by atoms with E-state index in [1.54, 1.807) is 0 Å². The largest absolute Gasteiger partial charge is 0.382 e. The Morgan fingerprint density at radius 2 is 1.64 bits per heavy atom. The van der Waals surface area contributed by atoms with Gasteiger partial charge in [-0.05, 0) is 18.2 Å². The van der Waals surface area contributed by atoms with Crippen LogP contribution in [0.15, 0.2) is 54.3 Å². The maximum atomic E-state index is 12.0. The van der Waals surface area contributed by atoms with Crippen LogP contribution in [-0.2, 0) is 29.6 Å². The van der Waals surface area contributed by atoms with Crippen molar-refractivity contribution >= 4 is 77.8 Å². The summed E-state index contributed by atoms with van der Waals surface area (Å²) in [4.78, 5) is 6.25. The Balaban J connectivity index is 2.31. The molecule has 2 aromatic carbocycles. The fraction of sp³-hybridized carbons (Fsp3) is 0.0625. The lowest BCUT2D eigenvalue weighted by Gasteiger charge is -2.11. The first kappa shape index (κ1) is 27.5. The van der Waals surface area contributed by atoms with E-state index < -0.39 is 35.7 Å². The van der Waals surface area contributed by atoms with Crippen LogP contribution in [0, 0.1) is 11.3 Å². The number of benzene rings is 2. The number of fused-ring (bicyclic) bond motifs is 1. The van der Waals surface area contributed by atoms with E-state index in [1.807, 2.05) is 6.07 Å². The molecule has 0 atom stereocenters. The normalized spacial score (nSPS) is 12.3. The van der Waals surface area contributed by atoms with Gasteiger partial charge in [0.15, 0.2) is 22.5 Å². The molecule has 36 heavy (non-hydrogen) atoms. The number of azo groups is 1. The van der Waals surface area contributed by atoms with Crippen molar-refractivity contribution in [2.75, 3.05) is 17.2 Å². The Morgan fingerprint density at radius 1 is 1.00 bits per heavy atom. The molecule has 0 radical (unpaired) electrons. The van der Waals surface area contributed by atoms with Crippen LogP contribution in [0.4, 0.5) is 23.0 Å². The van der Waals surface area contributed by atoms with Crippen LogP contribution in [0.5, 0.6) is 0 Å². The molecule has 0 amide bonds. The van der Waals surface area contributed by atoms with Crippen molar-refractivity contribution in [3.8, 4) is 6.07 Å². The predicted octanol–water partition coefficient (Wildman–Crippen LogP) is 2.75. The molecule has 1 heterocycles. The molecule has 0 fully saturated rings. The second kappa shape index (κ2) is 10.9. The SMILES string of the molecule is N#CCSc1nc(N)c(/N=N/c2c(S(=O)(=O)O)ccc3c(SOOO)cc(S(=O)(=O)O)cc23)c(N)n1. The summed E-state index contributed by atoms with van der Waals surface area (Å²) in [5.41, 5.74) is 10.8. The molecule has 0 aliphatic rings. The van der Waals surface area contributed by atoms with Gasteiger partial charge in [0.25, 0.3) is 20.2 Å². The molecule has 0 aliphatic heterocycles. The monoisotopic (exact) mass is 575 g/mol. The summed E-state index contributed by atoms with van der Waals surface area (Å²) in [6.45, 7) is 0. The fourth-order valence-electron chi connectivity index (χ4n) is 2.75. The molecule has 0 aliphatic carbocycles. The van der Waals surface area contributed by atoms with Crippen LogP contribution in [0.3, 0.4) is 0 Å². The second-order valence-corrected chi connectivity index (χ2v) is 10.9. The van der Waals surface area contributed by atoms with Crippen molar-refractivity contribution in [2.45, 2.75) is 19.8 Å². The molecule has 7 N–H and O–H groups in total. The molecular weight excluding hydrogens is 562 g/mol. The van der Waals surface area contributed by atoms with Gasteiger partial charge in [-0.2, -0.15) is 22.1 Å². The van der Waals surface area contributed by atoms with E-state index in [4.69, 9.17) is 22.0 Å². The van der Waals surface area contributed by atoms with Crippen molar-refractivity contribution in [3.63, 3.8) is 0 Å². The number of nitriles is 1. The van der Waals surface area contributed by atoms with Crippen LogP contribution in [-0.4, -0.2) is 46.9 Å². The first-order chi connectivity index (χ1) is 16.9. The van der Waals surface area contributed by atoms with Gasteiger partial charge in [-0.1, -0.05) is 22.9 Å². The highest BCUT2D eigenvalue weighted by molar-refractivity contribution is 7.99. The Kier molecular flexibility index (Phi) is 8.29. The maximum absolute atomic E-state index is 12.0. The smallest absolute Gasteiger partial charge is 0.296 e. The zero-order valence-corrected chi connectivity index (χ0v) is 20.6. The number of nitrogens with zero attached hydrogens (tertiary/aromatic N) is 5. The zero-order chi connectivity index (χ0) is 26.7. The molecule has 0 saturated carbocycles. The van der Waals surface area contributed by atoms with Gasteiger partial charge in [0, 0.05) is 15.7 Å². The number of rotatable bonds is 9. The van der Waals surface area contributed by atoms with Gasteiger partial charge in [0.2, 0.25) is 0 Å². The van der Waals surface area contributed by atoms with Gasteiger partial charge < -0.3 is 11.5 Å². The van der Waals surface area contributed by atoms with E-state index in [0.717, 1.165) is 30.0 Å². The third-order valence-electron chi connectivity index (χ3n) is 4.17.